The SMILES string of the molecule is OCCNc1nc(Nc2ccc(F)cc2F)cc(-c2cccc(OC(F)(F)F)c2)n1. The predicted octanol–water partition coefficient (Wildman–Crippen LogP) is 4.47. The van der Waals surface area contributed by atoms with Gasteiger partial charge in [0.2, 0.25) is 5.95 Å². The number of ether oxygens (including phenoxy) is 1. The number of aliphatic hydroxyl groups is 1. The zero-order chi connectivity index (χ0) is 21.7. The first-order valence-corrected chi connectivity index (χ1v) is 8.55. The smallest absolute Gasteiger partial charge is 0.406 e. The van der Waals surface area contributed by atoms with Crippen molar-refractivity contribution < 1.29 is 31.8 Å². The van der Waals surface area contributed by atoms with Gasteiger partial charge >= 0.3 is 6.36 Å². The molecule has 6 nitrogen and oxygen atoms in total. The van der Waals surface area contributed by atoms with Gasteiger partial charge in [0.25, 0.3) is 0 Å². The molecule has 0 fully saturated rings. The van der Waals surface area contributed by atoms with E-state index in [2.05, 4.69) is 25.3 Å². The maximum atomic E-state index is 14.0. The van der Waals surface area contributed by atoms with E-state index in [4.69, 9.17) is 5.11 Å². The van der Waals surface area contributed by atoms with Crippen molar-refractivity contribution in [3.05, 3.63) is 60.2 Å². The summed E-state index contributed by atoms with van der Waals surface area (Å²) in [6.45, 7) is -0.122. The first kappa shape index (κ1) is 21.2. The fraction of sp³-hybridized carbons (Fsp3) is 0.158. The van der Waals surface area contributed by atoms with Crippen LogP contribution < -0.4 is 15.4 Å². The molecule has 158 valence electrons. The molecule has 3 rings (SSSR count). The maximum absolute atomic E-state index is 14.0. The van der Waals surface area contributed by atoms with Gasteiger partial charge < -0.3 is 20.5 Å². The number of rotatable bonds is 7. The van der Waals surface area contributed by atoms with E-state index in [-0.39, 0.29) is 41.9 Å². The van der Waals surface area contributed by atoms with Gasteiger partial charge in [-0.25, -0.2) is 13.8 Å². The second-order valence-electron chi connectivity index (χ2n) is 5.94. The summed E-state index contributed by atoms with van der Waals surface area (Å²) in [7, 11) is 0. The van der Waals surface area contributed by atoms with Crippen molar-refractivity contribution in [3.63, 3.8) is 0 Å². The molecular formula is C19H15F5N4O2. The lowest BCUT2D eigenvalue weighted by Crippen LogP contribution is -2.17. The molecule has 0 bridgehead atoms. The molecule has 1 heterocycles. The first-order chi connectivity index (χ1) is 14.2. The number of hydrogen-bond acceptors (Lipinski definition) is 6. The van der Waals surface area contributed by atoms with E-state index >= 15 is 0 Å². The highest BCUT2D eigenvalue weighted by atomic mass is 19.4. The van der Waals surface area contributed by atoms with Gasteiger partial charge in [0.1, 0.15) is 23.2 Å². The Hall–Kier alpha value is -3.47. The third kappa shape index (κ3) is 5.77. The first-order valence-electron chi connectivity index (χ1n) is 8.55. The van der Waals surface area contributed by atoms with Crippen LogP contribution in [0.3, 0.4) is 0 Å². The molecule has 0 saturated carbocycles. The van der Waals surface area contributed by atoms with Crippen molar-refractivity contribution >= 4 is 17.5 Å². The highest BCUT2D eigenvalue weighted by Crippen LogP contribution is 2.29. The van der Waals surface area contributed by atoms with Crippen LogP contribution in [0.15, 0.2) is 48.5 Å². The molecule has 0 aliphatic carbocycles. The minimum absolute atomic E-state index is 0.0358. The van der Waals surface area contributed by atoms with Crippen molar-refractivity contribution in [1.82, 2.24) is 9.97 Å². The minimum Gasteiger partial charge on any atom is -0.406 e. The quantitative estimate of drug-likeness (QED) is 0.484. The fourth-order valence-electron chi connectivity index (χ4n) is 2.49. The van der Waals surface area contributed by atoms with E-state index in [9.17, 15) is 22.0 Å². The Kier molecular flexibility index (Phi) is 6.31. The third-order valence-electron chi connectivity index (χ3n) is 3.68. The Bertz CT molecular complexity index is 1030. The minimum atomic E-state index is -4.86. The second kappa shape index (κ2) is 8.91. The number of halogens is 5. The molecule has 0 aliphatic rings. The highest BCUT2D eigenvalue weighted by molar-refractivity contribution is 5.68. The Morgan fingerprint density at radius 3 is 2.50 bits per heavy atom. The monoisotopic (exact) mass is 426 g/mol. The van der Waals surface area contributed by atoms with Crippen molar-refractivity contribution in [3.8, 4) is 17.0 Å². The molecule has 0 spiro atoms. The summed E-state index contributed by atoms with van der Waals surface area (Å²) in [5.41, 5.74) is 0.403. The molecular weight excluding hydrogens is 411 g/mol. The summed E-state index contributed by atoms with van der Waals surface area (Å²) in [5, 5.41) is 14.4. The molecule has 2 aromatic carbocycles. The van der Waals surface area contributed by atoms with Gasteiger partial charge in [-0.05, 0) is 24.3 Å². The summed E-state index contributed by atoms with van der Waals surface area (Å²) in [6, 6.07) is 9.41. The van der Waals surface area contributed by atoms with E-state index in [1.165, 1.54) is 24.3 Å². The number of nitrogens with one attached hydrogen (secondary N) is 2. The zero-order valence-electron chi connectivity index (χ0n) is 15.2. The Morgan fingerprint density at radius 1 is 1.00 bits per heavy atom. The number of aliphatic hydroxyl groups excluding tert-OH is 1. The summed E-state index contributed by atoms with van der Waals surface area (Å²) in [4.78, 5) is 8.31. The van der Waals surface area contributed by atoms with Gasteiger partial charge in [0.05, 0.1) is 18.0 Å². The number of anilines is 3. The molecule has 30 heavy (non-hydrogen) atoms. The molecule has 0 atom stereocenters. The lowest BCUT2D eigenvalue weighted by molar-refractivity contribution is -0.274. The van der Waals surface area contributed by atoms with Crippen LogP contribution in [0.4, 0.5) is 39.4 Å². The predicted molar refractivity (Wildman–Crippen MR) is 99.4 cm³/mol. The van der Waals surface area contributed by atoms with Crippen LogP contribution in [0, 0.1) is 11.6 Å². The Labute approximate surface area is 167 Å². The Balaban J connectivity index is 1.97. The fourth-order valence-corrected chi connectivity index (χ4v) is 2.49. The molecule has 0 saturated heterocycles. The van der Waals surface area contributed by atoms with Crippen LogP contribution in [0.2, 0.25) is 0 Å². The molecule has 11 heteroatoms. The van der Waals surface area contributed by atoms with Gasteiger partial charge in [-0.1, -0.05) is 12.1 Å². The molecule has 0 aliphatic heterocycles. The zero-order valence-corrected chi connectivity index (χ0v) is 15.2. The van der Waals surface area contributed by atoms with Gasteiger partial charge in [0, 0.05) is 24.2 Å². The molecule has 3 N–H and O–H groups in total. The van der Waals surface area contributed by atoms with Gasteiger partial charge in [0.15, 0.2) is 0 Å². The third-order valence-corrected chi connectivity index (χ3v) is 3.68. The van der Waals surface area contributed by atoms with Gasteiger partial charge in [-0.2, -0.15) is 4.98 Å². The summed E-state index contributed by atoms with van der Waals surface area (Å²) >= 11 is 0. The van der Waals surface area contributed by atoms with Crippen LogP contribution in [0.1, 0.15) is 0 Å². The summed E-state index contributed by atoms with van der Waals surface area (Å²) in [5.74, 6) is -1.93. The summed E-state index contributed by atoms with van der Waals surface area (Å²) in [6.07, 6.45) is -4.86. The van der Waals surface area contributed by atoms with Crippen LogP contribution >= 0.6 is 0 Å². The van der Waals surface area contributed by atoms with Crippen molar-refractivity contribution in [1.29, 1.82) is 0 Å². The molecule has 0 unspecified atom stereocenters. The normalized spacial score (nSPS) is 11.3. The van der Waals surface area contributed by atoms with Crippen LogP contribution in [-0.2, 0) is 0 Å². The average molecular weight is 426 g/mol. The second-order valence-corrected chi connectivity index (χ2v) is 5.94. The molecule has 0 radical (unpaired) electrons. The Morgan fingerprint density at radius 2 is 1.80 bits per heavy atom. The standard InChI is InChI=1S/C19H15F5N4O2/c20-12-4-5-15(14(21)9-12)26-17-10-16(27-18(28-17)25-6-7-29)11-2-1-3-13(8-11)30-19(22,23)24/h1-5,8-10,29H,6-7H2,(H2,25,26,27,28). The summed E-state index contributed by atoms with van der Waals surface area (Å²) < 4.78 is 68.5. The van der Waals surface area contributed by atoms with E-state index in [0.29, 0.717) is 6.07 Å². The molecule has 3 aromatic rings. The van der Waals surface area contributed by atoms with E-state index in [1.54, 1.807) is 0 Å². The molecule has 0 amide bonds. The van der Waals surface area contributed by atoms with Gasteiger partial charge in [-0.3, -0.25) is 0 Å². The number of benzene rings is 2. The van der Waals surface area contributed by atoms with Gasteiger partial charge in [-0.15, -0.1) is 13.2 Å². The van der Waals surface area contributed by atoms with E-state index < -0.39 is 23.7 Å². The highest BCUT2D eigenvalue weighted by Gasteiger charge is 2.31. The largest absolute Gasteiger partial charge is 0.573 e. The number of hydrogen-bond donors (Lipinski definition) is 3. The average Bonchev–Trinajstić information content (AvgIpc) is 2.67. The van der Waals surface area contributed by atoms with Crippen molar-refractivity contribution in [2.45, 2.75) is 6.36 Å². The van der Waals surface area contributed by atoms with Crippen LogP contribution in [0.5, 0.6) is 5.75 Å². The van der Waals surface area contributed by atoms with Crippen molar-refractivity contribution in [2.24, 2.45) is 0 Å². The maximum Gasteiger partial charge on any atom is 0.573 e. The van der Waals surface area contributed by atoms with Crippen LogP contribution in [-0.4, -0.2) is 34.6 Å². The van der Waals surface area contributed by atoms with E-state index in [1.807, 2.05) is 0 Å². The van der Waals surface area contributed by atoms with E-state index in [0.717, 1.165) is 18.2 Å². The number of nitrogens with zero attached hydrogens (tertiary/aromatic N) is 2. The topological polar surface area (TPSA) is 79.3 Å². The van der Waals surface area contributed by atoms with Crippen molar-refractivity contribution in [2.75, 3.05) is 23.8 Å². The lowest BCUT2D eigenvalue weighted by atomic mass is 10.1. The number of alkyl halides is 3. The van der Waals surface area contributed by atoms with Crippen LogP contribution in [0.25, 0.3) is 11.3 Å². The lowest BCUT2D eigenvalue weighted by Gasteiger charge is -2.13. The molecule has 1 aromatic heterocycles. The number of aromatic nitrogens is 2.